The van der Waals surface area contributed by atoms with E-state index in [-0.39, 0.29) is 46.7 Å². The van der Waals surface area contributed by atoms with Gasteiger partial charge in [-0.2, -0.15) is 0 Å². The smallest absolute Gasteiger partial charge is 0.249 e. The van der Waals surface area contributed by atoms with Crippen LogP contribution in [0.4, 0.5) is 0 Å². The summed E-state index contributed by atoms with van der Waals surface area (Å²) in [7, 11) is 0. The molecule has 0 bridgehead atoms. The molecule has 1 aliphatic carbocycles. The molecule has 1 saturated carbocycles. The lowest BCUT2D eigenvalue weighted by atomic mass is 9.75. The number of aliphatic hydroxyl groups is 3. The summed E-state index contributed by atoms with van der Waals surface area (Å²) in [5, 5.41) is 35.1. The van der Waals surface area contributed by atoms with Crippen molar-refractivity contribution in [3.05, 3.63) is 65.0 Å². The van der Waals surface area contributed by atoms with Crippen LogP contribution in [0.3, 0.4) is 0 Å². The highest BCUT2D eigenvalue weighted by Gasteiger charge is 2.44. The van der Waals surface area contributed by atoms with E-state index >= 15 is 4.79 Å². The van der Waals surface area contributed by atoms with Gasteiger partial charge in [-0.05, 0) is 42.6 Å². The summed E-state index contributed by atoms with van der Waals surface area (Å²) in [6, 6.07) is 9.01. The normalized spacial score (nSPS) is 17.5. The Morgan fingerprint density at radius 2 is 1.55 bits per heavy atom. The number of benzene rings is 3. The minimum atomic E-state index is -1.73. The lowest BCUT2D eigenvalue weighted by molar-refractivity contribution is -0.0372. The zero-order chi connectivity index (χ0) is 42.6. The monoisotopic (exact) mass is 800 g/mol. The molecule has 58 heavy (non-hydrogen) atoms. The van der Waals surface area contributed by atoms with E-state index in [4.69, 9.17) is 27.7 Å². The van der Waals surface area contributed by atoms with E-state index in [1.807, 2.05) is 25.1 Å². The fourth-order valence-corrected chi connectivity index (χ4v) is 8.36. The number of hydrogen-bond donors (Lipinski definition) is 7. The molecule has 1 fully saturated rings. The van der Waals surface area contributed by atoms with Gasteiger partial charge in [-0.3, -0.25) is 23.7 Å². The first-order chi connectivity index (χ1) is 27.6. The van der Waals surface area contributed by atoms with Crippen LogP contribution in [0, 0.1) is 23.7 Å². The average Bonchev–Trinajstić information content (AvgIpc) is 3.61. The lowest BCUT2D eigenvalue weighted by Crippen LogP contribution is -2.50. The highest BCUT2D eigenvalue weighted by molar-refractivity contribution is 6.25. The first-order valence-electron chi connectivity index (χ1n) is 20.4. The van der Waals surface area contributed by atoms with Crippen molar-refractivity contribution in [2.45, 2.75) is 116 Å². The molecule has 0 aliphatic heterocycles. The predicted molar refractivity (Wildman–Crippen MR) is 223 cm³/mol. The molecule has 1 aliphatic rings. The van der Waals surface area contributed by atoms with Gasteiger partial charge in [0.1, 0.15) is 22.6 Å². The van der Waals surface area contributed by atoms with Crippen LogP contribution >= 0.6 is 0 Å². The molecular formula is C44H60N6O8. The third kappa shape index (κ3) is 8.79. The molecule has 3 aromatic carbocycles. The zero-order valence-corrected chi connectivity index (χ0v) is 34.2. The molecule has 14 heteroatoms. The summed E-state index contributed by atoms with van der Waals surface area (Å²) in [5.74, 6) is -5.46. The van der Waals surface area contributed by atoms with Crippen LogP contribution in [0.2, 0.25) is 0 Å². The molecule has 0 radical (unpaired) electrons. The molecule has 0 saturated heterocycles. The number of ketones is 3. The van der Waals surface area contributed by atoms with E-state index in [0.29, 0.717) is 18.2 Å². The molecule has 1 heterocycles. The quantitative estimate of drug-likeness (QED) is 0.0678. The summed E-state index contributed by atoms with van der Waals surface area (Å²) in [4.78, 5) is 63.3. The van der Waals surface area contributed by atoms with Gasteiger partial charge in [0.25, 0.3) is 0 Å². The zero-order valence-electron chi connectivity index (χ0n) is 34.2. The Hall–Kier alpha value is -4.41. The standard InChI is InChI=1S/C44H60N6O8/c1-6-23(4)36(48)44(57)50-31(20-45)49-37-35(39(53)29(47)21-51)34(41(55)32(22(2)3)42(56)40(54)28(46)19-25-13-8-7-9-14-25)33(24(5)52)43(38(37)50)58-30-18-12-16-26-15-10-11-17-27(26)30/h10-12,15-18,22-23,25,28-29,32,36,40,42,51,54,56H,6-9,13-14,19-21,45-48H2,1-5H3/t23-,28+,29+,32?,36-,40-,42?/m1/s1. The Bertz CT molecular complexity index is 2140. The fraction of sp³-hybridized carbons (Fsp3) is 0.523. The van der Waals surface area contributed by atoms with Crippen molar-refractivity contribution in [1.29, 1.82) is 0 Å². The maximum atomic E-state index is 15.4. The summed E-state index contributed by atoms with van der Waals surface area (Å²) < 4.78 is 7.84. The Kier molecular flexibility index (Phi) is 14.7. The van der Waals surface area contributed by atoms with Crippen molar-refractivity contribution in [1.82, 2.24) is 9.55 Å². The number of ether oxygens (including phenoxy) is 1. The number of fused-ring (bicyclic) bond motifs is 2. The van der Waals surface area contributed by atoms with Crippen molar-refractivity contribution in [3.63, 3.8) is 0 Å². The van der Waals surface area contributed by atoms with E-state index in [1.54, 1.807) is 45.0 Å². The molecule has 0 amide bonds. The van der Waals surface area contributed by atoms with E-state index < -0.39 is 88.7 Å². The van der Waals surface area contributed by atoms with Gasteiger partial charge in [0, 0.05) is 17.0 Å². The van der Waals surface area contributed by atoms with Crippen molar-refractivity contribution >= 4 is 45.1 Å². The number of nitrogens with zero attached hydrogens (tertiary/aromatic N) is 2. The van der Waals surface area contributed by atoms with Gasteiger partial charge in [0.05, 0.1) is 54.5 Å². The van der Waals surface area contributed by atoms with Gasteiger partial charge >= 0.3 is 0 Å². The number of aliphatic hydroxyl groups excluding tert-OH is 3. The highest BCUT2D eigenvalue weighted by Crippen LogP contribution is 2.44. The van der Waals surface area contributed by atoms with Gasteiger partial charge in [-0.25, -0.2) is 4.98 Å². The Morgan fingerprint density at radius 3 is 2.16 bits per heavy atom. The third-order valence-electron chi connectivity index (χ3n) is 11.9. The summed E-state index contributed by atoms with van der Waals surface area (Å²) >= 11 is 0. The number of aromatic nitrogens is 2. The Balaban J connectivity index is 1.88. The van der Waals surface area contributed by atoms with Crippen LogP contribution in [-0.4, -0.2) is 85.1 Å². The second kappa shape index (κ2) is 19.1. The van der Waals surface area contributed by atoms with Crippen LogP contribution in [0.5, 0.6) is 11.5 Å². The molecule has 1 aromatic heterocycles. The molecule has 5 rings (SSSR count). The number of hydrogen-bond acceptors (Lipinski definition) is 13. The van der Waals surface area contributed by atoms with Crippen LogP contribution in [-0.2, 0) is 6.54 Å². The summed E-state index contributed by atoms with van der Waals surface area (Å²) in [5.41, 5.74) is 23.7. The van der Waals surface area contributed by atoms with Crippen LogP contribution < -0.4 is 27.7 Å². The average molecular weight is 801 g/mol. The van der Waals surface area contributed by atoms with Gasteiger partial charge in [0.15, 0.2) is 23.1 Å². The topological polar surface area (TPSA) is 260 Å². The Labute approximate surface area is 339 Å². The lowest BCUT2D eigenvalue weighted by Gasteiger charge is -2.34. The van der Waals surface area contributed by atoms with E-state index in [0.717, 1.165) is 42.1 Å². The fourth-order valence-electron chi connectivity index (χ4n) is 8.36. The number of rotatable bonds is 18. The van der Waals surface area contributed by atoms with Gasteiger partial charge in [-0.15, -0.1) is 0 Å². The number of nitrogens with two attached hydrogens (primary N) is 4. The number of carbonyl (C=O) groups excluding carboxylic acids is 4. The van der Waals surface area contributed by atoms with E-state index in [1.165, 1.54) is 6.92 Å². The SMILES string of the molecule is CC[C@@H](C)[C@@H](N)C(=O)n1c(CN)nc2c(C(=O)[C@@H](N)CO)c(C(=O)C(C(C)C)C(O)[C@H](O)[C@@H](N)CC3CCCCC3)c(C(C)=O)c(Oc3cccc4ccccc34)c21. The maximum absolute atomic E-state index is 15.4. The first kappa shape index (κ1) is 44.7. The van der Waals surface area contributed by atoms with Gasteiger partial charge < -0.3 is 43.0 Å². The molecule has 4 aromatic rings. The molecule has 0 spiro atoms. The van der Waals surface area contributed by atoms with Crippen molar-refractivity contribution < 1.29 is 39.2 Å². The minimum absolute atomic E-state index is 0.0446. The molecule has 314 valence electrons. The number of carbonyl (C=O) groups is 4. The highest BCUT2D eigenvalue weighted by atomic mass is 16.5. The Morgan fingerprint density at radius 1 is 0.897 bits per heavy atom. The predicted octanol–water partition coefficient (Wildman–Crippen LogP) is 4.63. The largest absolute Gasteiger partial charge is 0.454 e. The minimum Gasteiger partial charge on any atom is -0.454 e. The van der Waals surface area contributed by atoms with Crippen LogP contribution in [0.25, 0.3) is 21.8 Å². The summed E-state index contributed by atoms with van der Waals surface area (Å²) in [6.45, 7) is 7.02. The van der Waals surface area contributed by atoms with E-state index in [2.05, 4.69) is 4.98 Å². The maximum Gasteiger partial charge on any atom is 0.249 e. The van der Waals surface area contributed by atoms with E-state index in [9.17, 15) is 29.7 Å². The number of imidazole rings is 1. The molecular weight excluding hydrogens is 741 g/mol. The molecule has 14 nitrogen and oxygen atoms in total. The van der Waals surface area contributed by atoms with Crippen LogP contribution in [0.1, 0.15) is 121 Å². The van der Waals surface area contributed by atoms with Crippen molar-refractivity contribution in [2.75, 3.05) is 6.61 Å². The molecule has 2 unspecified atom stereocenters. The van der Waals surface area contributed by atoms with Crippen LogP contribution in [0.15, 0.2) is 42.5 Å². The number of Topliss-reactive ketones (excluding diaryl/α,β-unsaturated/α-hetero) is 3. The molecule has 7 atom stereocenters. The van der Waals surface area contributed by atoms with Gasteiger partial charge in [-0.1, -0.05) is 103 Å². The van der Waals surface area contributed by atoms with Crippen molar-refractivity contribution in [2.24, 2.45) is 46.6 Å². The van der Waals surface area contributed by atoms with Gasteiger partial charge in [0.2, 0.25) is 5.91 Å². The van der Waals surface area contributed by atoms with Crippen molar-refractivity contribution in [3.8, 4) is 11.5 Å². The second-order valence-electron chi connectivity index (χ2n) is 16.3. The summed E-state index contributed by atoms with van der Waals surface area (Å²) in [6.07, 6.45) is 2.82. The first-order valence-corrected chi connectivity index (χ1v) is 20.4. The second-order valence-corrected chi connectivity index (χ2v) is 16.3. The molecule has 11 N–H and O–H groups in total. The third-order valence-corrected chi connectivity index (χ3v) is 11.9.